The number of piperidine rings is 1. The molecule has 2 N–H and O–H groups in total. The molecule has 1 rings (SSSR count). The molecule has 0 aromatic carbocycles. The summed E-state index contributed by atoms with van der Waals surface area (Å²) >= 11 is 0. The molecule has 1 aliphatic rings. The summed E-state index contributed by atoms with van der Waals surface area (Å²) in [5.41, 5.74) is 0.314. The second-order valence-electron chi connectivity index (χ2n) is 5.21. The van der Waals surface area contributed by atoms with Crippen molar-refractivity contribution in [1.29, 1.82) is 0 Å². The van der Waals surface area contributed by atoms with Crippen molar-refractivity contribution in [3.63, 3.8) is 0 Å². The van der Waals surface area contributed by atoms with Gasteiger partial charge in [-0.3, -0.25) is 4.79 Å². The summed E-state index contributed by atoms with van der Waals surface area (Å²) in [6, 6.07) is 0.0120. The third-order valence-corrected chi connectivity index (χ3v) is 3.19. The lowest BCUT2D eigenvalue weighted by Gasteiger charge is -2.37. The van der Waals surface area contributed by atoms with Gasteiger partial charge < -0.3 is 10.6 Å². The number of carbonyl (C=O) groups excluding carboxylic acids is 1. The van der Waals surface area contributed by atoms with Gasteiger partial charge in [-0.05, 0) is 30.7 Å². The molecule has 0 aliphatic carbocycles. The van der Waals surface area contributed by atoms with Crippen molar-refractivity contribution in [1.82, 2.24) is 10.6 Å². The number of likely N-dealkylation sites (N-methyl/N-ethyl adjacent to an activating group) is 1. The van der Waals surface area contributed by atoms with E-state index in [0.29, 0.717) is 11.3 Å². The molecule has 0 saturated carbocycles. The zero-order chi connectivity index (χ0) is 10.8. The minimum Gasteiger partial charge on any atom is -0.358 e. The minimum absolute atomic E-state index is 0.0120. The predicted octanol–water partition coefficient (Wildman–Crippen LogP) is 1.15. The molecule has 2 atom stereocenters. The zero-order valence-corrected chi connectivity index (χ0v) is 9.68. The van der Waals surface area contributed by atoms with Gasteiger partial charge in [-0.25, -0.2) is 0 Å². The third kappa shape index (κ3) is 2.71. The van der Waals surface area contributed by atoms with E-state index in [1.807, 2.05) is 0 Å². The summed E-state index contributed by atoms with van der Waals surface area (Å²) in [4.78, 5) is 11.5. The molecule has 0 aromatic rings. The van der Waals surface area contributed by atoms with Gasteiger partial charge in [0.2, 0.25) is 5.91 Å². The summed E-state index contributed by atoms with van der Waals surface area (Å²) in [5, 5.41) is 5.97. The molecule has 3 heteroatoms. The quantitative estimate of drug-likeness (QED) is 0.663. The molecule has 3 nitrogen and oxygen atoms in total. The fourth-order valence-electron chi connectivity index (χ4n) is 2.08. The molecule has 1 aliphatic heterocycles. The van der Waals surface area contributed by atoms with E-state index >= 15 is 0 Å². The highest BCUT2D eigenvalue weighted by molar-refractivity contribution is 5.81. The fourth-order valence-corrected chi connectivity index (χ4v) is 2.08. The van der Waals surface area contributed by atoms with Crippen LogP contribution in [0.4, 0.5) is 0 Å². The van der Waals surface area contributed by atoms with E-state index < -0.39 is 0 Å². The van der Waals surface area contributed by atoms with Crippen molar-refractivity contribution in [3.05, 3.63) is 0 Å². The first-order chi connectivity index (χ1) is 6.45. The number of hydrogen-bond acceptors (Lipinski definition) is 2. The Balaban J connectivity index is 2.56. The Labute approximate surface area is 86.6 Å². The molecule has 0 bridgehead atoms. The molecule has 0 spiro atoms. The molecule has 1 heterocycles. The van der Waals surface area contributed by atoms with Gasteiger partial charge in [-0.15, -0.1) is 0 Å². The van der Waals surface area contributed by atoms with Crippen LogP contribution in [0.1, 0.15) is 33.6 Å². The third-order valence-electron chi connectivity index (χ3n) is 3.19. The number of nitrogens with one attached hydrogen (secondary N) is 2. The monoisotopic (exact) mass is 198 g/mol. The highest BCUT2D eigenvalue weighted by Gasteiger charge is 2.32. The van der Waals surface area contributed by atoms with Crippen LogP contribution in [0.15, 0.2) is 0 Å². The van der Waals surface area contributed by atoms with Crippen LogP contribution in [0.25, 0.3) is 0 Å². The van der Waals surface area contributed by atoms with Gasteiger partial charge >= 0.3 is 0 Å². The number of rotatable bonds is 1. The van der Waals surface area contributed by atoms with E-state index in [2.05, 4.69) is 31.4 Å². The fraction of sp³-hybridized carbons (Fsp3) is 0.909. The van der Waals surface area contributed by atoms with Gasteiger partial charge in [-0.1, -0.05) is 20.8 Å². The molecule has 82 valence electrons. The molecule has 2 unspecified atom stereocenters. The summed E-state index contributed by atoms with van der Waals surface area (Å²) in [7, 11) is 1.70. The molecule has 1 amide bonds. The Kier molecular flexibility index (Phi) is 3.53. The maximum atomic E-state index is 11.5. The van der Waals surface area contributed by atoms with Crippen LogP contribution in [0.5, 0.6) is 0 Å². The Morgan fingerprint density at radius 1 is 1.43 bits per heavy atom. The number of hydrogen-bond donors (Lipinski definition) is 2. The van der Waals surface area contributed by atoms with Crippen LogP contribution in [0.2, 0.25) is 0 Å². The topological polar surface area (TPSA) is 41.1 Å². The van der Waals surface area contributed by atoms with E-state index in [1.165, 1.54) is 6.42 Å². The first kappa shape index (κ1) is 11.5. The van der Waals surface area contributed by atoms with Crippen molar-refractivity contribution in [2.75, 3.05) is 13.6 Å². The summed E-state index contributed by atoms with van der Waals surface area (Å²) in [6.45, 7) is 7.72. The van der Waals surface area contributed by atoms with Gasteiger partial charge in [0, 0.05) is 7.05 Å². The van der Waals surface area contributed by atoms with Crippen molar-refractivity contribution in [2.24, 2.45) is 11.3 Å². The summed E-state index contributed by atoms with van der Waals surface area (Å²) < 4.78 is 0. The molecule has 0 aromatic heterocycles. The van der Waals surface area contributed by atoms with Gasteiger partial charge in [-0.2, -0.15) is 0 Å². The van der Waals surface area contributed by atoms with Crippen LogP contribution in [0.3, 0.4) is 0 Å². The maximum Gasteiger partial charge on any atom is 0.236 e. The molecule has 1 fully saturated rings. The van der Waals surface area contributed by atoms with Crippen molar-refractivity contribution in [3.8, 4) is 0 Å². The van der Waals surface area contributed by atoms with E-state index in [-0.39, 0.29) is 11.9 Å². The Bertz CT molecular complexity index is 208. The van der Waals surface area contributed by atoms with Crippen LogP contribution in [0, 0.1) is 11.3 Å². The van der Waals surface area contributed by atoms with Crippen LogP contribution >= 0.6 is 0 Å². The zero-order valence-electron chi connectivity index (χ0n) is 9.68. The summed E-state index contributed by atoms with van der Waals surface area (Å²) in [6.07, 6.45) is 2.14. The first-order valence-electron chi connectivity index (χ1n) is 5.40. The number of carbonyl (C=O) groups is 1. The molecule has 0 radical (unpaired) electrons. The second-order valence-corrected chi connectivity index (χ2v) is 5.21. The van der Waals surface area contributed by atoms with Crippen molar-refractivity contribution in [2.45, 2.75) is 39.7 Å². The lowest BCUT2D eigenvalue weighted by atomic mass is 9.73. The minimum atomic E-state index is 0.0120. The highest BCUT2D eigenvalue weighted by Crippen LogP contribution is 2.34. The Morgan fingerprint density at radius 2 is 2.07 bits per heavy atom. The number of amides is 1. The molecule has 14 heavy (non-hydrogen) atoms. The van der Waals surface area contributed by atoms with Gasteiger partial charge in [0.05, 0.1) is 6.04 Å². The first-order valence-corrected chi connectivity index (χ1v) is 5.40. The van der Waals surface area contributed by atoms with Crippen molar-refractivity contribution < 1.29 is 4.79 Å². The van der Waals surface area contributed by atoms with Crippen LogP contribution in [-0.2, 0) is 4.79 Å². The Morgan fingerprint density at radius 3 is 2.57 bits per heavy atom. The van der Waals surface area contributed by atoms with Gasteiger partial charge in [0.25, 0.3) is 0 Å². The highest BCUT2D eigenvalue weighted by atomic mass is 16.2. The van der Waals surface area contributed by atoms with Crippen molar-refractivity contribution >= 4 is 5.91 Å². The van der Waals surface area contributed by atoms with E-state index in [4.69, 9.17) is 0 Å². The normalized spacial score (nSPS) is 28.6. The predicted molar refractivity (Wildman–Crippen MR) is 58.0 cm³/mol. The van der Waals surface area contributed by atoms with Gasteiger partial charge in [0.1, 0.15) is 0 Å². The molecule has 1 saturated heterocycles. The van der Waals surface area contributed by atoms with E-state index in [1.54, 1.807) is 7.05 Å². The maximum absolute atomic E-state index is 11.5. The second kappa shape index (κ2) is 4.30. The Hall–Kier alpha value is -0.570. The lowest BCUT2D eigenvalue weighted by Crippen LogP contribution is -2.49. The average molecular weight is 198 g/mol. The standard InChI is InChI=1S/C11H22N2O/c1-11(2,3)8-5-6-13-9(7-8)10(14)12-4/h8-9,13H,5-7H2,1-4H3,(H,12,14). The van der Waals surface area contributed by atoms with E-state index in [9.17, 15) is 4.79 Å². The molecular weight excluding hydrogens is 176 g/mol. The van der Waals surface area contributed by atoms with Crippen LogP contribution in [-0.4, -0.2) is 25.5 Å². The molecular formula is C11H22N2O. The van der Waals surface area contributed by atoms with Crippen LogP contribution < -0.4 is 10.6 Å². The van der Waals surface area contributed by atoms with Gasteiger partial charge in [0.15, 0.2) is 0 Å². The van der Waals surface area contributed by atoms with E-state index in [0.717, 1.165) is 13.0 Å². The lowest BCUT2D eigenvalue weighted by molar-refractivity contribution is -0.123. The SMILES string of the molecule is CNC(=O)C1CC(C(C)(C)C)CCN1. The largest absolute Gasteiger partial charge is 0.358 e. The average Bonchev–Trinajstić information content (AvgIpc) is 2.15. The smallest absolute Gasteiger partial charge is 0.236 e. The summed E-state index contributed by atoms with van der Waals surface area (Å²) in [5.74, 6) is 0.769.